The first kappa shape index (κ1) is 9.85. The van der Waals surface area contributed by atoms with E-state index in [0.29, 0.717) is 11.6 Å². The molecule has 0 aromatic rings. The van der Waals surface area contributed by atoms with Crippen molar-refractivity contribution in [2.45, 2.75) is 18.4 Å². The van der Waals surface area contributed by atoms with Gasteiger partial charge in [-0.25, -0.2) is 0 Å². The van der Waals surface area contributed by atoms with Crippen LogP contribution in [0.15, 0.2) is 10.6 Å². The van der Waals surface area contributed by atoms with Gasteiger partial charge in [-0.2, -0.15) is 5.26 Å². The summed E-state index contributed by atoms with van der Waals surface area (Å²) in [5.74, 6) is 0. The largest absolute Gasteiger partial charge is 0.283 e. The number of halogens is 2. The molecule has 0 aromatic carbocycles. The van der Waals surface area contributed by atoms with Gasteiger partial charge < -0.3 is 0 Å². The molecule has 2 nitrogen and oxygen atoms in total. The molecule has 1 saturated carbocycles. The number of nitrogens with zero attached hydrogens (tertiary/aromatic N) is 2. The predicted octanol–water partition coefficient (Wildman–Crippen LogP) is 2.29. The van der Waals surface area contributed by atoms with Crippen molar-refractivity contribution in [2.24, 2.45) is 0 Å². The van der Waals surface area contributed by atoms with Gasteiger partial charge in [-0.05, 0) is 19.9 Å². The van der Waals surface area contributed by atoms with Crippen molar-refractivity contribution in [1.82, 2.24) is 4.90 Å². The summed E-state index contributed by atoms with van der Waals surface area (Å²) in [5, 5.41) is 9.40. The van der Waals surface area contributed by atoms with E-state index in [-0.39, 0.29) is 5.54 Å². The van der Waals surface area contributed by atoms with E-state index in [1.807, 2.05) is 11.9 Å². The maximum absolute atomic E-state index is 8.83. The maximum atomic E-state index is 8.83. The van der Waals surface area contributed by atoms with Crippen LogP contribution in [0.2, 0.25) is 0 Å². The summed E-state index contributed by atoms with van der Waals surface area (Å²) in [4.78, 5) is 1.94. The minimum Gasteiger partial charge on any atom is -0.283 e. The Morgan fingerprint density at radius 3 is 2.67 bits per heavy atom. The number of rotatable bonds is 3. The van der Waals surface area contributed by atoms with Gasteiger partial charge in [-0.3, -0.25) is 4.90 Å². The zero-order valence-electron chi connectivity index (χ0n) is 6.85. The molecule has 0 spiro atoms. The Labute approximate surface area is 82.4 Å². The summed E-state index contributed by atoms with van der Waals surface area (Å²) < 4.78 is 0. The van der Waals surface area contributed by atoms with E-state index in [1.54, 1.807) is 0 Å². The van der Waals surface area contributed by atoms with Crippen LogP contribution in [0.25, 0.3) is 0 Å². The molecule has 1 aliphatic carbocycles. The molecule has 0 saturated heterocycles. The van der Waals surface area contributed by atoms with Crippen molar-refractivity contribution in [1.29, 1.82) is 5.26 Å². The highest BCUT2D eigenvalue weighted by molar-refractivity contribution is 6.36. The van der Waals surface area contributed by atoms with Gasteiger partial charge in [-0.15, -0.1) is 0 Å². The number of likely N-dealkylation sites (N-methyl/N-ethyl adjacent to an activating group) is 1. The monoisotopic (exact) mass is 204 g/mol. The highest BCUT2D eigenvalue weighted by atomic mass is 35.5. The quantitative estimate of drug-likeness (QED) is 0.706. The van der Waals surface area contributed by atoms with Crippen molar-refractivity contribution in [2.75, 3.05) is 13.6 Å². The van der Waals surface area contributed by atoms with Crippen LogP contribution in [0.1, 0.15) is 12.8 Å². The van der Waals surface area contributed by atoms with Crippen molar-refractivity contribution in [3.8, 4) is 6.07 Å². The summed E-state index contributed by atoms with van der Waals surface area (Å²) in [5.41, 5.74) is 1.07. The second kappa shape index (κ2) is 3.66. The summed E-state index contributed by atoms with van der Waals surface area (Å²) in [6.07, 6.45) is 1.87. The van der Waals surface area contributed by atoms with Gasteiger partial charge in [0.05, 0.1) is 6.07 Å². The van der Waals surface area contributed by atoms with Crippen LogP contribution in [0.3, 0.4) is 0 Å². The average molecular weight is 205 g/mol. The standard InChI is InChI=1S/C8H10Cl2N2/c1-12(5-7(10)4-9)8(6-11)2-3-8/h4H,2-3,5H2,1H3/b7-4-. The lowest BCUT2D eigenvalue weighted by Crippen LogP contribution is -2.33. The lowest BCUT2D eigenvalue weighted by Gasteiger charge is -2.20. The first-order chi connectivity index (χ1) is 5.64. The van der Waals surface area contributed by atoms with E-state index in [2.05, 4.69) is 6.07 Å². The van der Waals surface area contributed by atoms with Crippen molar-refractivity contribution >= 4 is 23.2 Å². The molecule has 0 aliphatic heterocycles. The summed E-state index contributed by atoms with van der Waals surface area (Å²) in [7, 11) is 1.89. The van der Waals surface area contributed by atoms with Gasteiger partial charge in [0.1, 0.15) is 5.54 Å². The van der Waals surface area contributed by atoms with Crippen LogP contribution in [0.4, 0.5) is 0 Å². The smallest absolute Gasteiger partial charge is 0.109 e. The van der Waals surface area contributed by atoms with Crippen LogP contribution in [0, 0.1) is 11.3 Å². The molecular formula is C8H10Cl2N2. The van der Waals surface area contributed by atoms with Gasteiger partial charge in [0.2, 0.25) is 0 Å². The predicted molar refractivity (Wildman–Crippen MR) is 50.0 cm³/mol. The van der Waals surface area contributed by atoms with E-state index in [1.165, 1.54) is 5.54 Å². The Bertz CT molecular complexity index is 238. The van der Waals surface area contributed by atoms with Gasteiger partial charge >= 0.3 is 0 Å². The van der Waals surface area contributed by atoms with Crippen LogP contribution >= 0.6 is 23.2 Å². The fourth-order valence-electron chi connectivity index (χ4n) is 1.11. The number of hydrogen-bond acceptors (Lipinski definition) is 2. The first-order valence-electron chi connectivity index (χ1n) is 3.72. The molecular weight excluding hydrogens is 195 g/mol. The minimum atomic E-state index is -0.264. The van der Waals surface area contributed by atoms with Crippen LogP contribution < -0.4 is 0 Å². The van der Waals surface area contributed by atoms with Gasteiger partial charge in [0.15, 0.2) is 0 Å². The first-order valence-corrected chi connectivity index (χ1v) is 4.53. The third-order valence-corrected chi connectivity index (χ3v) is 2.77. The topological polar surface area (TPSA) is 27.0 Å². The maximum Gasteiger partial charge on any atom is 0.109 e. The number of nitriles is 1. The lowest BCUT2D eigenvalue weighted by atomic mass is 10.2. The zero-order chi connectivity index (χ0) is 9.19. The van der Waals surface area contributed by atoms with Crippen LogP contribution in [-0.4, -0.2) is 24.0 Å². The highest BCUT2D eigenvalue weighted by Gasteiger charge is 2.46. The van der Waals surface area contributed by atoms with E-state index < -0.39 is 0 Å². The lowest BCUT2D eigenvalue weighted by molar-refractivity contribution is 0.298. The van der Waals surface area contributed by atoms with Gasteiger partial charge in [0, 0.05) is 17.1 Å². The molecule has 0 radical (unpaired) electrons. The SMILES string of the molecule is CN(C/C(Cl)=C/Cl)C1(C#N)CC1. The van der Waals surface area contributed by atoms with E-state index >= 15 is 0 Å². The number of hydrogen-bond donors (Lipinski definition) is 0. The average Bonchev–Trinajstić information content (AvgIpc) is 2.84. The molecule has 0 unspecified atom stereocenters. The Balaban J connectivity index is 2.50. The van der Waals surface area contributed by atoms with Gasteiger partial charge in [0.25, 0.3) is 0 Å². The van der Waals surface area contributed by atoms with E-state index in [4.69, 9.17) is 28.5 Å². The fourth-order valence-corrected chi connectivity index (χ4v) is 1.36. The molecule has 0 amide bonds. The van der Waals surface area contributed by atoms with Crippen molar-refractivity contribution in [3.05, 3.63) is 10.6 Å². The molecule has 1 fully saturated rings. The zero-order valence-corrected chi connectivity index (χ0v) is 8.36. The Morgan fingerprint density at radius 1 is 1.75 bits per heavy atom. The molecule has 0 N–H and O–H groups in total. The van der Waals surface area contributed by atoms with Gasteiger partial charge in [-0.1, -0.05) is 23.2 Å². The fraction of sp³-hybridized carbons (Fsp3) is 0.625. The third kappa shape index (κ3) is 1.92. The molecule has 1 rings (SSSR count). The van der Waals surface area contributed by atoms with Crippen molar-refractivity contribution in [3.63, 3.8) is 0 Å². The molecule has 66 valence electrons. The highest BCUT2D eigenvalue weighted by Crippen LogP contribution is 2.40. The molecule has 1 aliphatic rings. The molecule has 12 heavy (non-hydrogen) atoms. The molecule has 0 bridgehead atoms. The molecule has 0 heterocycles. The summed E-state index contributed by atoms with van der Waals surface area (Å²) in [6.45, 7) is 0.554. The molecule has 4 heteroatoms. The third-order valence-electron chi connectivity index (χ3n) is 2.17. The normalized spacial score (nSPS) is 20.8. The second-order valence-corrected chi connectivity index (χ2v) is 3.76. The Hall–Kier alpha value is -0.230. The van der Waals surface area contributed by atoms with Crippen molar-refractivity contribution < 1.29 is 0 Å². The second-order valence-electron chi connectivity index (χ2n) is 3.06. The van der Waals surface area contributed by atoms with Crippen LogP contribution in [-0.2, 0) is 0 Å². The summed E-state index contributed by atoms with van der Waals surface area (Å²) >= 11 is 11.1. The summed E-state index contributed by atoms with van der Waals surface area (Å²) in [6, 6.07) is 2.28. The Morgan fingerprint density at radius 2 is 2.33 bits per heavy atom. The molecule has 0 aromatic heterocycles. The molecule has 0 atom stereocenters. The minimum absolute atomic E-state index is 0.264. The van der Waals surface area contributed by atoms with Crippen LogP contribution in [0.5, 0.6) is 0 Å². The van der Waals surface area contributed by atoms with E-state index in [9.17, 15) is 0 Å². The van der Waals surface area contributed by atoms with E-state index in [0.717, 1.165) is 12.8 Å². The Kier molecular flexibility index (Phi) is 3.00.